The van der Waals surface area contributed by atoms with E-state index < -0.39 is 24.9 Å². The summed E-state index contributed by atoms with van der Waals surface area (Å²) in [6.07, 6.45) is -7.20. The molecule has 0 amide bonds. The van der Waals surface area contributed by atoms with Gasteiger partial charge in [-0.2, -0.15) is 13.2 Å². The van der Waals surface area contributed by atoms with Gasteiger partial charge in [0.05, 0.1) is 19.3 Å². The lowest BCUT2D eigenvalue weighted by molar-refractivity contribution is -0.217. The quantitative estimate of drug-likeness (QED) is 0.583. The molecule has 0 aromatic carbocycles. The van der Waals surface area contributed by atoms with Crippen molar-refractivity contribution in [2.24, 2.45) is 0 Å². The van der Waals surface area contributed by atoms with Gasteiger partial charge in [-0.3, -0.25) is 0 Å². The second-order valence-corrected chi connectivity index (χ2v) is 2.93. The van der Waals surface area contributed by atoms with E-state index >= 15 is 0 Å². The topological polar surface area (TPSA) is 61.7 Å². The van der Waals surface area contributed by atoms with Crippen LogP contribution >= 0.6 is 0 Å². The Morgan fingerprint density at radius 2 is 2.00 bits per heavy atom. The molecule has 0 aliphatic rings. The van der Waals surface area contributed by atoms with Crippen molar-refractivity contribution in [1.29, 1.82) is 0 Å². The van der Waals surface area contributed by atoms with Crippen LogP contribution < -0.4 is 5.32 Å². The lowest BCUT2D eigenvalue weighted by Crippen LogP contribution is -2.37. The fourth-order valence-electron chi connectivity index (χ4n) is 0.738. The van der Waals surface area contributed by atoms with E-state index in [0.29, 0.717) is 0 Å². The Kier molecular flexibility index (Phi) is 5.63. The third-order valence-corrected chi connectivity index (χ3v) is 1.69. The number of alkyl halides is 3. The van der Waals surface area contributed by atoms with E-state index in [1.165, 1.54) is 7.05 Å². The summed E-state index contributed by atoms with van der Waals surface area (Å²) in [6, 6.07) is -0.648. The highest BCUT2D eigenvalue weighted by Gasteiger charge is 2.38. The van der Waals surface area contributed by atoms with Gasteiger partial charge >= 0.3 is 6.18 Å². The van der Waals surface area contributed by atoms with Crippen LogP contribution in [0.4, 0.5) is 13.2 Å². The van der Waals surface area contributed by atoms with Gasteiger partial charge < -0.3 is 20.3 Å². The molecule has 90 valence electrons. The van der Waals surface area contributed by atoms with Crippen LogP contribution in [-0.2, 0) is 4.74 Å². The summed E-state index contributed by atoms with van der Waals surface area (Å²) in [5.74, 6) is -0.237. The maximum Gasteiger partial charge on any atom is 0.416 e. The molecule has 15 heavy (non-hydrogen) atoms. The zero-order valence-electron chi connectivity index (χ0n) is 8.21. The molecule has 1 unspecified atom stereocenters. The molecule has 0 bridgehead atoms. The van der Waals surface area contributed by atoms with E-state index in [2.05, 4.69) is 16.6 Å². The first kappa shape index (κ1) is 14.2. The Morgan fingerprint density at radius 3 is 2.33 bits per heavy atom. The third-order valence-electron chi connectivity index (χ3n) is 1.69. The molecule has 0 aliphatic heterocycles. The number of hydrogen-bond acceptors (Lipinski definition) is 4. The van der Waals surface area contributed by atoms with E-state index in [9.17, 15) is 13.2 Å². The van der Waals surface area contributed by atoms with Crippen molar-refractivity contribution in [2.45, 2.75) is 18.3 Å². The summed E-state index contributed by atoms with van der Waals surface area (Å²) >= 11 is 0. The Morgan fingerprint density at radius 1 is 1.47 bits per heavy atom. The number of likely N-dealkylation sites (N-methyl/N-ethyl adjacent to an activating group) is 1. The summed E-state index contributed by atoms with van der Waals surface area (Å²) in [7, 11) is 1.50. The van der Waals surface area contributed by atoms with Crippen LogP contribution in [0.15, 0.2) is 12.3 Å². The second kappa shape index (κ2) is 5.94. The Labute approximate surface area is 85.4 Å². The van der Waals surface area contributed by atoms with Gasteiger partial charge in [0.1, 0.15) is 5.76 Å². The standard InChI is InChI=1S/C8H14F3NO3/c1-5(13)6(12-2)3-15-4-7(14)8(9,10)11/h6-7,12-14H,1,3-4H2,2H3/t6-,7?/m0/s1. The number of halogens is 3. The van der Waals surface area contributed by atoms with Crippen LogP contribution in [0.25, 0.3) is 0 Å². The molecule has 0 fully saturated rings. The molecule has 0 aromatic heterocycles. The third kappa shape index (κ3) is 5.60. The molecule has 0 rings (SSSR count). The van der Waals surface area contributed by atoms with Gasteiger partial charge in [-0.25, -0.2) is 0 Å². The zero-order valence-corrected chi connectivity index (χ0v) is 8.21. The minimum atomic E-state index is -4.69. The predicted octanol–water partition coefficient (Wildman–Crippen LogP) is 0.586. The number of hydrogen-bond donors (Lipinski definition) is 3. The highest BCUT2D eigenvalue weighted by molar-refractivity contribution is 4.93. The molecule has 0 saturated heterocycles. The van der Waals surface area contributed by atoms with Gasteiger partial charge in [-0.1, -0.05) is 6.58 Å². The summed E-state index contributed by atoms with van der Waals surface area (Å²) in [6.45, 7) is 2.14. The normalized spacial score (nSPS) is 16.1. The number of nitrogens with one attached hydrogen (secondary N) is 1. The fraction of sp³-hybridized carbons (Fsp3) is 0.750. The molecular formula is C8H14F3NO3. The molecule has 0 heterocycles. The molecule has 0 spiro atoms. The van der Waals surface area contributed by atoms with Crippen molar-refractivity contribution < 1.29 is 28.1 Å². The largest absolute Gasteiger partial charge is 0.511 e. The summed E-state index contributed by atoms with van der Waals surface area (Å²) in [5.41, 5.74) is 0. The number of aliphatic hydroxyl groups excluding tert-OH is 2. The van der Waals surface area contributed by atoms with Crippen molar-refractivity contribution in [1.82, 2.24) is 5.32 Å². The minimum absolute atomic E-state index is 0.195. The van der Waals surface area contributed by atoms with E-state index in [1.807, 2.05) is 0 Å². The summed E-state index contributed by atoms with van der Waals surface area (Å²) in [4.78, 5) is 0. The number of aliphatic hydroxyl groups is 2. The van der Waals surface area contributed by atoms with Gasteiger partial charge in [0, 0.05) is 0 Å². The van der Waals surface area contributed by atoms with E-state index in [1.54, 1.807) is 0 Å². The van der Waals surface area contributed by atoms with Gasteiger partial charge in [-0.15, -0.1) is 0 Å². The Bertz CT molecular complexity index is 208. The fourth-order valence-corrected chi connectivity index (χ4v) is 0.738. The molecule has 3 N–H and O–H groups in total. The second-order valence-electron chi connectivity index (χ2n) is 2.93. The highest BCUT2D eigenvalue weighted by Crippen LogP contribution is 2.19. The lowest BCUT2D eigenvalue weighted by atomic mass is 10.3. The number of ether oxygens (including phenoxy) is 1. The highest BCUT2D eigenvalue weighted by atomic mass is 19.4. The Balaban J connectivity index is 3.83. The predicted molar refractivity (Wildman–Crippen MR) is 47.5 cm³/mol. The first-order chi connectivity index (χ1) is 6.79. The molecule has 4 nitrogen and oxygen atoms in total. The maximum atomic E-state index is 11.8. The van der Waals surface area contributed by atoms with Crippen LogP contribution in [0, 0.1) is 0 Å². The molecule has 2 atom stereocenters. The van der Waals surface area contributed by atoms with E-state index in [4.69, 9.17) is 10.2 Å². The van der Waals surface area contributed by atoms with Crippen molar-refractivity contribution in [3.8, 4) is 0 Å². The first-order valence-electron chi connectivity index (χ1n) is 4.16. The van der Waals surface area contributed by atoms with Gasteiger partial charge in [0.15, 0.2) is 6.10 Å². The van der Waals surface area contributed by atoms with Crippen molar-refractivity contribution in [2.75, 3.05) is 20.3 Å². The molecule has 0 aromatic rings. The summed E-state index contributed by atoms with van der Waals surface area (Å²) < 4.78 is 40.0. The average Bonchev–Trinajstić information content (AvgIpc) is 2.09. The maximum absolute atomic E-state index is 11.8. The van der Waals surface area contributed by atoms with Crippen LogP contribution in [-0.4, -0.2) is 48.8 Å². The van der Waals surface area contributed by atoms with Crippen molar-refractivity contribution in [3.05, 3.63) is 12.3 Å². The first-order valence-corrected chi connectivity index (χ1v) is 4.16. The molecule has 0 aliphatic carbocycles. The molecule has 7 heteroatoms. The van der Waals surface area contributed by atoms with Gasteiger partial charge in [-0.05, 0) is 7.05 Å². The summed E-state index contributed by atoms with van der Waals surface area (Å²) in [5, 5.41) is 20.0. The van der Waals surface area contributed by atoms with Crippen molar-refractivity contribution >= 4 is 0 Å². The van der Waals surface area contributed by atoms with E-state index in [-0.39, 0.29) is 12.4 Å². The average molecular weight is 229 g/mol. The monoisotopic (exact) mass is 229 g/mol. The Hall–Kier alpha value is -0.790. The van der Waals surface area contributed by atoms with Crippen LogP contribution in [0.1, 0.15) is 0 Å². The van der Waals surface area contributed by atoms with E-state index in [0.717, 1.165) is 0 Å². The van der Waals surface area contributed by atoms with Crippen molar-refractivity contribution in [3.63, 3.8) is 0 Å². The number of rotatable bonds is 6. The smallest absolute Gasteiger partial charge is 0.416 e. The minimum Gasteiger partial charge on any atom is -0.511 e. The van der Waals surface area contributed by atoms with Crippen LogP contribution in [0.5, 0.6) is 0 Å². The molecule has 0 radical (unpaired) electrons. The SMILES string of the molecule is C=C(O)[C@H](COCC(O)C(F)(F)F)NC. The van der Waals surface area contributed by atoms with Crippen LogP contribution in [0.2, 0.25) is 0 Å². The van der Waals surface area contributed by atoms with Gasteiger partial charge in [0.25, 0.3) is 0 Å². The zero-order chi connectivity index (χ0) is 12.1. The van der Waals surface area contributed by atoms with Gasteiger partial charge in [0.2, 0.25) is 0 Å². The van der Waals surface area contributed by atoms with Crippen LogP contribution in [0.3, 0.4) is 0 Å². The lowest BCUT2D eigenvalue weighted by Gasteiger charge is -2.18. The molecule has 0 saturated carbocycles. The molecular weight excluding hydrogens is 215 g/mol.